The topological polar surface area (TPSA) is 55.1 Å². The molecular formula is C12H15BrCl2N2O. The van der Waals surface area contributed by atoms with Crippen LogP contribution in [0.25, 0.3) is 0 Å². The average Bonchev–Trinajstić information content (AvgIpc) is 2.38. The molecule has 0 bridgehead atoms. The second kappa shape index (κ2) is 6.24. The molecule has 0 saturated heterocycles. The first-order valence-corrected chi connectivity index (χ1v) is 7.05. The maximum Gasteiger partial charge on any atom is 0.231 e. The van der Waals surface area contributed by atoms with Gasteiger partial charge in [0.1, 0.15) is 0 Å². The molecule has 0 radical (unpaired) electrons. The average molecular weight is 354 g/mol. The van der Waals surface area contributed by atoms with Crippen LogP contribution in [0.4, 0.5) is 5.69 Å². The third-order valence-corrected chi connectivity index (χ3v) is 4.83. The molecule has 3 N–H and O–H groups in total. The minimum atomic E-state index is -0.608. The Labute approximate surface area is 125 Å². The highest BCUT2D eigenvalue weighted by Gasteiger charge is 2.30. The lowest BCUT2D eigenvalue weighted by Crippen LogP contribution is -2.39. The zero-order valence-corrected chi connectivity index (χ0v) is 13.3. The Morgan fingerprint density at radius 1 is 1.44 bits per heavy atom. The van der Waals surface area contributed by atoms with Gasteiger partial charge < -0.3 is 11.1 Å². The van der Waals surface area contributed by atoms with Crippen LogP contribution in [0.1, 0.15) is 20.3 Å². The van der Waals surface area contributed by atoms with Gasteiger partial charge in [0.05, 0.1) is 21.1 Å². The molecule has 6 heteroatoms. The van der Waals surface area contributed by atoms with Crippen molar-refractivity contribution in [2.75, 3.05) is 11.9 Å². The van der Waals surface area contributed by atoms with E-state index < -0.39 is 5.41 Å². The summed E-state index contributed by atoms with van der Waals surface area (Å²) in [4.78, 5) is 12.1. The number of anilines is 1. The highest BCUT2D eigenvalue weighted by molar-refractivity contribution is 9.10. The molecule has 1 amide bonds. The normalized spacial score (nSPS) is 14.1. The first-order valence-electron chi connectivity index (χ1n) is 5.50. The first kappa shape index (κ1) is 15.8. The van der Waals surface area contributed by atoms with Crippen LogP contribution in [0.3, 0.4) is 0 Å². The maximum absolute atomic E-state index is 12.1. The molecule has 1 rings (SSSR count). The van der Waals surface area contributed by atoms with E-state index in [1.54, 1.807) is 12.1 Å². The van der Waals surface area contributed by atoms with Gasteiger partial charge in [-0.25, -0.2) is 0 Å². The molecule has 0 aromatic heterocycles. The van der Waals surface area contributed by atoms with E-state index in [9.17, 15) is 4.79 Å². The van der Waals surface area contributed by atoms with Gasteiger partial charge in [-0.3, -0.25) is 4.79 Å². The molecule has 1 atom stereocenters. The largest absolute Gasteiger partial charge is 0.329 e. The van der Waals surface area contributed by atoms with E-state index in [0.717, 1.165) is 0 Å². The summed E-state index contributed by atoms with van der Waals surface area (Å²) in [6.45, 7) is 4.01. The Bertz CT molecular complexity index is 462. The fraction of sp³-hybridized carbons (Fsp3) is 0.417. The number of carbonyl (C=O) groups excluding carboxylic acids is 1. The van der Waals surface area contributed by atoms with Crippen molar-refractivity contribution in [3.05, 3.63) is 26.7 Å². The van der Waals surface area contributed by atoms with Crippen molar-refractivity contribution < 1.29 is 4.79 Å². The molecule has 1 unspecified atom stereocenters. The van der Waals surface area contributed by atoms with E-state index in [1.165, 1.54) is 0 Å². The lowest BCUT2D eigenvalue weighted by atomic mass is 9.86. The van der Waals surface area contributed by atoms with Gasteiger partial charge in [0.15, 0.2) is 0 Å². The van der Waals surface area contributed by atoms with Crippen molar-refractivity contribution in [1.29, 1.82) is 0 Å². The van der Waals surface area contributed by atoms with Crippen LogP contribution in [-0.4, -0.2) is 12.5 Å². The summed E-state index contributed by atoms with van der Waals surface area (Å²) in [5, 5.41) is 3.45. The summed E-state index contributed by atoms with van der Waals surface area (Å²) in [6, 6.07) is 3.43. The molecule has 0 aliphatic carbocycles. The number of hydrogen-bond donors (Lipinski definition) is 2. The van der Waals surface area contributed by atoms with Crippen molar-refractivity contribution in [2.45, 2.75) is 20.3 Å². The Morgan fingerprint density at radius 3 is 2.56 bits per heavy atom. The smallest absolute Gasteiger partial charge is 0.231 e. The van der Waals surface area contributed by atoms with E-state index in [0.29, 0.717) is 26.6 Å². The van der Waals surface area contributed by atoms with E-state index in [-0.39, 0.29) is 12.5 Å². The fourth-order valence-corrected chi connectivity index (χ4v) is 2.11. The number of hydrogen-bond acceptors (Lipinski definition) is 2. The maximum atomic E-state index is 12.1. The summed E-state index contributed by atoms with van der Waals surface area (Å²) in [6.07, 6.45) is 0.650. The van der Waals surface area contributed by atoms with Crippen molar-refractivity contribution >= 4 is 50.7 Å². The van der Waals surface area contributed by atoms with E-state index >= 15 is 0 Å². The van der Waals surface area contributed by atoms with E-state index in [4.69, 9.17) is 28.9 Å². The number of halogens is 3. The molecule has 0 spiro atoms. The molecule has 100 valence electrons. The van der Waals surface area contributed by atoms with Gasteiger partial charge in [-0.05, 0) is 41.4 Å². The van der Waals surface area contributed by atoms with Gasteiger partial charge in [0.2, 0.25) is 5.91 Å². The molecule has 1 aromatic carbocycles. The summed E-state index contributed by atoms with van der Waals surface area (Å²) < 4.78 is 0.684. The lowest BCUT2D eigenvalue weighted by Gasteiger charge is -2.25. The van der Waals surface area contributed by atoms with Gasteiger partial charge in [-0.1, -0.05) is 30.1 Å². The first-order chi connectivity index (χ1) is 8.35. The second-order valence-electron chi connectivity index (χ2n) is 4.30. The SMILES string of the molecule is CCC(C)(CN)C(=O)Nc1ccc(Br)c(Cl)c1Cl. The molecule has 3 nitrogen and oxygen atoms in total. The fourth-order valence-electron chi connectivity index (χ4n) is 1.29. The number of carbonyl (C=O) groups is 1. The summed E-state index contributed by atoms with van der Waals surface area (Å²) in [5.41, 5.74) is 5.52. The van der Waals surface area contributed by atoms with Crippen LogP contribution in [0.5, 0.6) is 0 Å². The molecule has 18 heavy (non-hydrogen) atoms. The van der Waals surface area contributed by atoms with Gasteiger partial charge in [0.25, 0.3) is 0 Å². The number of nitrogens with one attached hydrogen (secondary N) is 1. The van der Waals surface area contributed by atoms with Crippen LogP contribution in [0.15, 0.2) is 16.6 Å². The molecule has 0 aliphatic heterocycles. The zero-order valence-electron chi connectivity index (χ0n) is 10.2. The van der Waals surface area contributed by atoms with Crippen molar-refractivity contribution in [1.82, 2.24) is 0 Å². The second-order valence-corrected chi connectivity index (χ2v) is 5.91. The quantitative estimate of drug-likeness (QED) is 0.801. The molecule has 1 aromatic rings. The van der Waals surface area contributed by atoms with Crippen molar-refractivity contribution in [3.63, 3.8) is 0 Å². The lowest BCUT2D eigenvalue weighted by molar-refractivity contribution is -0.124. The summed E-state index contributed by atoms with van der Waals surface area (Å²) in [7, 11) is 0. The summed E-state index contributed by atoms with van der Waals surface area (Å²) >= 11 is 15.3. The van der Waals surface area contributed by atoms with Crippen LogP contribution in [0.2, 0.25) is 10.0 Å². The molecule has 0 saturated carbocycles. The molecule has 0 heterocycles. The standard InChI is InChI=1S/C12H15BrCl2N2O/c1-3-12(2,6-16)11(18)17-8-5-4-7(13)9(14)10(8)15/h4-5H,3,6,16H2,1-2H3,(H,17,18). The van der Waals surface area contributed by atoms with Crippen LogP contribution in [-0.2, 0) is 4.79 Å². The third kappa shape index (κ3) is 3.18. The summed E-state index contributed by atoms with van der Waals surface area (Å²) in [5.74, 6) is -0.159. The van der Waals surface area contributed by atoms with Gasteiger partial charge in [-0.15, -0.1) is 0 Å². The predicted molar refractivity (Wildman–Crippen MR) is 80.2 cm³/mol. The minimum Gasteiger partial charge on any atom is -0.329 e. The van der Waals surface area contributed by atoms with Gasteiger partial charge in [0, 0.05) is 11.0 Å². The van der Waals surface area contributed by atoms with Crippen molar-refractivity contribution in [2.24, 2.45) is 11.1 Å². The number of benzene rings is 1. The zero-order chi connectivity index (χ0) is 13.9. The van der Waals surface area contributed by atoms with Crippen LogP contribution >= 0.6 is 39.1 Å². The van der Waals surface area contributed by atoms with Crippen LogP contribution in [0, 0.1) is 5.41 Å². The van der Waals surface area contributed by atoms with Crippen LogP contribution < -0.4 is 11.1 Å². The highest BCUT2D eigenvalue weighted by atomic mass is 79.9. The Balaban J connectivity index is 2.99. The Hall–Kier alpha value is -0.290. The monoisotopic (exact) mass is 352 g/mol. The minimum absolute atomic E-state index is 0.159. The third-order valence-electron chi connectivity index (χ3n) is 3.06. The van der Waals surface area contributed by atoms with E-state index in [1.807, 2.05) is 13.8 Å². The molecule has 0 aliphatic rings. The Morgan fingerprint density at radius 2 is 2.06 bits per heavy atom. The van der Waals surface area contributed by atoms with Gasteiger partial charge in [-0.2, -0.15) is 0 Å². The highest BCUT2D eigenvalue weighted by Crippen LogP contribution is 2.36. The van der Waals surface area contributed by atoms with Crippen molar-refractivity contribution in [3.8, 4) is 0 Å². The number of amides is 1. The molecule has 0 fully saturated rings. The number of rotatable bonds is 4. The Kier molecular flexibility index (Phi) is 5.46. The van der Waals surface area contributed by atoms with E-state index in [2.05, 4.69) is 21.2 Å². The van der Waals surface area contributed by atoms with Gasteiger partial charge >= 0.3 is 0 Å². The number of nitrogens with two attached hydrogens (primary N) is 1. The molecular weight excluding hydrogens is 339 g/mol. The predicted octanol–water partition coefficient (Wildman–Crippen LogP) is 4.07.